The molecule has 0 aliphatic heterocycles. The zero-order valence-corrected chi connectivity index (χ0v) is 9.58. The van der Waals surface area contributed by atoms with E-state index in [9.17, 15) is 12.8 Å². The molecule has 0 radical (unpaired) electrons. The maximum Gasteiger partial charge on any atom is 0.240 e. The van der Waals surface area contributed by atoms with E-state index in [1.807, 2.05) is 0 Å². The van der Waals surface area contributed by atoms with Crippen LogP contribution in [-0.4, -0.2) is 8.42 Å². The van der Waals surface area contributed by atoms with Crippen LogP contribution in [0.25, 0.3) is 0 Å². The summed E-state index contributed by atoms with van der Waals surface area (Å²) in [5.41, 5.74) is 0. The molecule has 1 heterocycles. The van der Waals surface area contributed by atoms with Crippen molar-refractivity contribution < 1.29 is 17.2 Å². The van der Waals surface area contributed by atoms with Crippen LogP contribution in [0, 0.1) is 5.82 Å². The lowest BCUT2D eigenvalue weighted by molar-refractivity contribution is 0.498. The zero-order chi connectivity index (χ0) is 12.3. The quantitative estimate of drug-likeness (QED) is 0.907. The van der Waals surface area contributed by atoms with E-state index in [1.165, 1.54) is 18.4 Å². The van der Waals surface area contributed by atoms with E-state index in [1.54, 1.807) is 12.1 Å². The SMILES string of the molecule is O=S(=O)(NCc1ccco1)c1ccc(F)cc1. The van der Waals surface area contributed by atoms with Crippen LogP contribution >= 0.6 is 0 Å². The molecule has 0 fully saturated rings. The Labute approximate surface area is 98.1 Å². The van der Waals surface area contributed by atoms with Gasteiger partial charge in [0.2, 0.25) is 10.0 Å². The van der Waals surface area contributed by atoms with Gasteiger partial charge in [-0.2, -0.15) is 0 Å². The highest BCUT2D eigenvalue weighted by molar-refractivity contribution is 7.89. The van der Waals surface area contributed by atoms with Crippen LogP contribution in [-0.2, 0) is 16.6 Å². The second-order valence-electron chi connectivity index (χ2n) is 3.36. The minimum atomic E-state index is -3.63. The molecule has 2 aromatic rings. The van der Waals surface area contributed by atoms with Crippen LogP contribution in [0.1, 0.15) is 5.76 Å². The Morgan fingerprint density at radius 3 is 2.47 bits per heavy atom. The maximum absolute atomic E-state index is 12.7. The molecule has 0 aliphatic carbocycles. The topological polar surface area (TPSA) is 59.3 Å². The number of nitrogens with one attached hydrogen (secondary N) is 1. The lowest BCUT2D eigenvalue weighted by Gasteiger charge is -2.04. The van der Waals surface area contributed by atoms with Gasteiger partial charge in [0.15, 0.2) is 0 Å². The van der Waals surface area contributed by atoms with Gasteiger partial charge in [-0.15, -0.1) is 0 Å². The molecular formula is C11H10FNO3S. The third-order valence-corrected chi connectivity index (χ3v) is 3.56. The summed E-state index contributed by atoms with van der Waals surface area (Å²) in [6.45, 7) is 0.0622. The number of benzene rings is 1. The summed E-state index contributed by atoms with van der Waals surface area (Å²) >= 11 is 0. The van der Waals surface area contributed by atoms with Gasteiger partial charge in [0.05, 0.1) is 17.7 Å². The minimum absolute atomic E-state index is 0.0189. The van der Waals surface area contributed by atoms with E-state index in [0.29, 0.717) is 5.76 Å². The van der Waals surface area contributed by atoms with Gasteiger partial charge >= 0.3 is 0 Å². The molecule has 17 heavy (non-hydrogen) atoms. The first-order valence-electron chi connectivity index (χ1n) is 4.85. The molecule has 6 heteroatoms. The Morgan fingerprint density at radius 1 is 1.18 bits per heavy atom. The smallest absolute Gasteiger partial charge is 0.240 e. The van der Waals surface area contributed by atoms with Crippen LogP contribution < -0.4 is 4.72 Å². The fourth-order valence-corrected chi connectivity index (χ4v) is 2.27. The molecule has 2 rings (SSSR count). The van der Waals surface area contributed by atoms with E-state index in [-0.39, 0.29) is 11.4 Å². The molecule has 90 valence electrons. The summed E-state index contributed by atoms with van der Waals surface area (Å²) in [5.74, 6) is 0.0330. The van der Waals surface area contributed by atoms with Gasteiger partial charge in [0.1, 0.15) is 11.6 Å². The van der Waals surface area contributed by atoms with E-state index in [0.717, 1.165) is 12.1 Å². The fraction of sp³-hybridized carbons (Fsp3) is 0.0909. The molecule has 1 aromatic heterocycles. The summed E-state index contributed by atoms with van der Waals surface area (Å²) in [6.07, 6.45) is 1.46. The zero-order valence-electron chi connectivity index (χ0n) is 8.76. The summed E-state index contributed by atoms with van der Waals surface area (Å²) in [4.78, 5) is 0.0189. The molecule has 0 unspecified atom stereocenters. The fourth-order valence-electron chi connectivity index (χ4n) is 1.28. The molecule has 4 nitrogen and oxygen atoms in total. The second-order valence-corrected chi connectivity index (χ2v) is 5.12. The predicted molar refractivity (Wildman–Crippen MR) is 59.1 cm³/mol. The Morgan fingerprint density at radius 2 is 1.88 bits per heavy atom. The van der Waals surface area contributed by atoms with Crippen molar-refractivity contribution in [1.82, 2.24) is 4.72 Å². The minimum Gasteiger partial charge on any atom is -0.468 e. The van der Waals surface area contributed by atoms with E-state index >= 15 is 0 Å². The van der Waals surface area contributed by atoms with Crippen molar-refractivity contribution in [1.29, 1.82) is 0 Å². The van der Waals surface area contributed by atoms with Gasteiger partial charge in [-0.25, -0.2) is 17.5 Å². The van der Waals surface area contributed by atoms with E-state index in [2.05, 4.69) is 4.72 Å². The number of furan rings is 1. The average molecular weight is 255 g/mol. The van der Waals surface area contributed by atoms with Crippen LogP contribution in [0.5, 0.6) is 0 Å². The van der Waals surface area contributed by atoms with Gasteiger partial charge in [-0.1, -0.05) is 0 Å². The lowest BCUT2D eigenvalue weighted by atomic mass is 10.4. The van der Waals surface area contributed by atoms with Crippen molar-refractivity contribution in [3.63, 3.8) is 0 Å². The summed E-state index contributed by atoms with van der Waals surface area (Å²) in [5, 5.41) is 0. The largest absolute Gasteiger partial charge is 0.468 e. The van der Waals surface area contributed by atoms with Crippen molar-refractivity contribution in [2.24, 2.45) is 0 Å². The van der Waals surface area contributed by atoms with Crippen LogP contribution in [0.4, 0.5) is 4.39 Å². The Bertz CT molecular complexity index is 576. The normalized spacial score (nSPS) is 11.6. The molecule has 1 aromatic carbocycles. The Kier molecular flexibility index (Phi) is 3.26. The van der Waals surface area contributed by atoms with Gasteiger partial charge in [-0.05, 0) is 36.4 Å². The van der Waals surface area contributed by atoms with Crippen molar-refractivity contribution in [2.75, 3.05) is 0 Å². The van der Waals surface area contributed by atoms with Gasteiger partial charge < -0.3 is 4.42 Å². The first-order valence-corrected chi connectivity index (χ1v) is 6.34. The molecule has 0 saturated carbocycles. The van der Waals surface area contributed by atoms with Crippen molar-refractivity contribution in [3.05, 3.63) is 54.2 Å². The molecule has 0 amide bonds. The highest BCUT2D eigenvalue weighted by Crippen LogP contribution is 2.10. The maximum atomic E-state index is 12.7. The first kappa shape index (κ1) is 11.8. The molecule has 0 atom stereocenters. The van der Waals surface area contributed by atoms with Gasteiger partial charge in [0.25, 0.3) is 0 Å². The third-order valence-electron chi connectivity index (χ3n) is 2.14. The van der Waals surface area contributed by atoms with E-state index < -0.39 is 15.8 Å². The Balaban J connectivity index is 2.11. The van der Waals surface area contributed by atoms with Crippen LogP contribution in [0.15, 0.2) is 52.0 Å². The van der Waals surface area contributed by atoms with Crippen LogP contribution in [0.3, 0.4) is 0 Å². The third kappa shape index (κ3) is 2.92. The van der Waals surface area contributed by atoms with Crippen molar-refractivity contribution >= 4 is 10.0 Å². The van der Waals surface area contributed by atoms with Crippen molar-refractivity contribution in [2.45, 2.75) is 11.4 Å². The number of hydrogen-bond donors (Lipinski definition) is 1. The molecule has 0 bridgehead atoms. The molecule has 1 N–H and O–H groups in total. The molecule has 0 aliphatic rings. The monoisotopic (exact) mass is 255 g/mol. The number of rotatable bonds is 4. The molecule has 0 saturated heterocycles. The van der Waals surface area contributed by atoms with Crippen LogP contribution in [0.2, 0.25) is 0 Å². The van der Waals surface area contributed by atoms with Crippen molar-refractivity contribution in [3.8, 4) is 0 Å². The number of hydrogen-bond acceptors (Lipinski definition) is 3. The number of sulfonamides is 1. The summed E-state index contributed by atoms with van der Waals surface area (Å²) in [7, 11) is -3.63. The number of halogens is 1. The molecular weight excluding hydrogens is 245 g/mol. The average Bonchev–Trinajstić information content (AvgIpc) is 2.80. The van der Waals surface area contributed by atoms with E-state index in [4.69, 9.17) is 4.42 Å². The lowest BCUT2D eigenvalue weighted by Crippen LogP contribution is -2.22. The van der Waals surface area contributed by atoms with Gasteiger partial charge in [0, 0.05) is 0 Å². The summed E-state index contributed by atoms with van der Waals surface area (Å²) < 4.78 is 43.5. The molecule has 0 spiro atoms. The highest BCUT2D eigenvalue weighted by Gasteiger charge is 2.13. The highest BCUT2D eigenvalue weighted by atomic mass is 32.2. The van der Waals surface area contributed by atoms with Gasteiger partial charge in [-0.3, -0.25) is 0 Å². The Hall–Kier alpha value is -1.66. The second kappa shape index (κ2) is 4.68. The standard InChI is InChI=1S/C11H10FNO3S/c12-9-3-5-11(6-4-9)17(14,15)13-8-10-2-1-7-16-10/h1-7,13H,8H2. The first-order chi connectivity index (χ1) is 8.08. The predicted octanol–water partition coefficient (Wildman–Crippen LogP) is 1.90. The summed E-state index contributed by atoms with van der Waals surface area (Å²) in [6, 6.07) is 7.94.